The van der Waals surface area contributed by atoms with Gasteiger partial charge in [0.2, 0.25) is 0 Å². The van der Waals surface area contributed by atoms with E-state index in [4.69, 9.17) is 9.84 Å². The van der Waals surface area contributed by atoms with E-state index in [2.05, 4.69) is 4.57 Å². The van der Waals surface area contributed by atoms with Gasteiger partial charge in [-0.25, -0.2) is 0 Å². The summed E-state index contributed by atoms with van der Waals surface area (Å²) in [5, 5.41) is 9.02. The number of aliphatic hydroxyl groups is 1. The van der Waals surface area contributed by atoms with Gasteiger partial charge in [0.05, 0.1) is 12.7 Å². The number of aromatic nitrogens is 1. The van der Waals surface area contributed by atoms with Gasteiger partial charge in [-0.05, 0) is 25.0 Å². The molecule has 1 N–H and O–H groups in total. The normalized spacial score (nSPS) is 22.4. The molecule has 1 saturated heterocycles. The summed E-state index contributed by atoms with van der Waals surface area (Å²) < 4.78 is 7.59. The number of rotatable bonds is 3. The van der Waals surface area contributed by atoms with Crippen LogP contribution in [0.25, 0.3) is 0 Å². The fraction of sp³-hybridized carbons (Fsp3) is 0.600. The lowest BCUT2D eigenvalue weighted by Gasteiger charge is -2.12. The number of ether oxygens (including phenoxy) is 1. The molecule has 1 aromatic rings. The first kappa shape index (κ1) is 8.78. The molecule has 2 rings (SSSR count). The molecule has 2 heterocycles. The highest BCUT2D eigenvalue weighted by Crippen LogP contribution is 2.15. The lowest BCUT2D eigenvalue weighted by Crippen LogP contribution is -2.15. The molecular formula is C10H15NO2. The molecule has 0 amide bonds. The Balaban J connectivity index is 1.99. The Kier molecular flexibility index (Phi) is 2.66. The predicted molar refractivity (Wildman–Crippen MR) is 49.3 cm³/mol. The number of aliphatic hydroxyl groups excluding tert-OH is 1. The highest BCUT2D eigenvalue weighted by Gasteiger charge is 2.16. The third kappa shape index (κ3) is 1.92. The van der Waals surface area contributed by atoms with Crippen LogP contribution in [-0.4, -0.2) is 22.4 Å². The van der Waals surface area contributed by atoms with Crippen molar-refractivity contribution in [3.8, 4) is 0 Å². The van der Waals surface area contributed by atoms with Gasteiger partial charge in [-0.2, -0.15) is 0 Å². The summed E-state index contributed by atoms with van der Waals surface area (Å²) in [6.07, 6.45) is 4.65. The van der Waals surface area contributed by atoms with E-state index in [0.29, 0.717) is 6.10 Å². The third-order valence-electron chi connectivity index (χ3n) is 2.51. The predicted octanol–water partition coefficient (Wildman–Crippen LogP) is 1.16. The van der Waals surface area contributed by atoms with Crippen LogP contribution >= 0.6 is 0 Å². The number of nitrogens with zero attached hydrogens (tertiary/aromatic N) is 1. The van der Waals surface area contributed by atoms with Crippen LogP contribution < -0.4 is 0 Å². The number of hydrogen-bond acceptors (Lipinski definition) is 2. The maximum atomic E-state index is 9.02. The van der Waals surface area contributed by atoms with E-state index in [1.807, 2.05) is 18.3 Å². The fourth-order valence-corrected chi connectivity index (χ4v) is 1.78. The Labute approximate surface area is 77.9 Å². The summed E-state index contributed by atoms with van der Waals surface area (Å²) in [5.74, 6) is 0. The van der Waals surface area contributed by atoms with Crippen LogP contribution in [0.4, 0.5) is 0 Å². The van der Waals surface area contributed by atoms with Crippen molar-refractivity contribution in [3.05, 3.63) is 24.0 Å². The second-order valence-corrected chi connectivity index (χ2v) is 3.45. The van der Waals surface area contributed by atoms with Gasteiger partial charge in [0.1, 0.15) is 0 Å². The van der Waals surface area contributed by atoms with Gasteiger partial charge in [0.15, 0.2) is 0 Å². The Morgan fingerprint density at radius 1 is 1.62 bits per heavy atom. The molecule has 0 aromatic carbocycles. The summed E-state index contributed by atoms with van der Waals surface area (Å²) in [4.78, 5) is 0. The molecule has 72 valence electrons. The molecular weight excluding hydrogens is 166 g/mol. The summed E-state index contributed by atoms with van der Waals surface area (Å²) in [6.45, 7) is 1.88. The van der Waals surface area contributed by atoms with Crippen LogP contribution in [0.15, 0.2) is 18.3 Å². The standard InChI is InChI=1S/C10H15NO2/c12-8-9-3-1-5-11(9)7-10-4-2-6-13-10/h1,3,5,10,12H,2,4,6-8H2/t10-/m1/s1. The van der Waals surface area contributed by atoms with Crippen LogP contribution in [-0.2, 0) is 17.9 Å². The van der Waals surface area contributed by atoms with Crippen molar-refractivity contribution in [1.29, 1.82) is 0 Å². The minimum Gasteiger partial charge on any atom is -0.390 e. The van der Waals surface area contributed by atoms with E-state index in [1.54, 1.807) is 0 Å². The molecule has 3 nitrogen and oxygen atoms in total. The second-order valence-electron chi connectivity index (χ2n) is 3.45. The van der Waals surface area contributed by atoms with Gasteiger partial charge in [-0.15, -0.1) is 0 Å². The monoisotopic (exact) mass is 181 g/mol. The molecule has 0 radical (unpaired) electrons. The average molecular weight is 181 g/mol. The van der Waals surface area contributed by atoms with Gasteiger partial charge in [0, 0.05) is 25.0 Å². The Morgan fingerprint density at radius 3 is 3.23 bits per heavy atom. The van der Waals surface area contributed by atoms with Crippen LogP contribution in [0.1, 0.15) is 18.5 Å². The quantitative estimate of drug-likeness (QED) is 0.759. The van der Waals surface area contributed by atoms with E-state index in [9.17, 15) is 0 Å². The largest absolute Gasteiger partial charge is 0.390 e. The summed E-state index contributed by atoms with van der Waals surface area (Å²) >= 11 is 0. The van der Waals surface area contributed by atoms with Crippen molar-refractivity contribution in [2.24, 2.45) is 0 Å². The van der Waals surface area contributed by atoms with E-state index in [-0.39, 0.29) is 6.61 Å². The zero-order chi connectivity index (χ0) is 9.10. The van der Waals surface area contributed by atoms with E-state index < -0.39 is 0 Å². The summed E-state index contributed by atoms with van der Waals surface area (Å²) in [7, 11) is 0. The third-order valence-corrected chi connectivity index (χ3v) is 2.51. The minimum absolute atomic E-state index is 0.111. The van der Waals surface area contributed by atoms with Crippen molar-refractivity contribution in [1.82, 2.24) is 4.57 Å². The molecule has 0 bridgehead atoms. The van der Waals surface area contributed by atoms with Gasteiger partial charge < -0.3 is 14.4 Å². The zero-order valence-electron chi connectivity index (χ0n) is 7.65. The zero-order valence-corrected chi connectivity index (χ0v) is 7.65. The first-order chi connectivity index (χ1) is 6.40. The topological polar surface area (TPSA) is 34.4 Å². The fourth-order valence-electron chi connectivity index (χ4n) is 1.78. The second kappa shape index (κ2) is 3.94. The number of hydrogen-bond donors (Lipinski definition) is 1. The average Bonchev–Trinajstić information content (AvgIpc) is 2.76. The van der Waals surface area contributed by atoms with Crippen LogP contribution in [0.2, 0.25) is 0 Å². The van der Waals surface area contributed by atoms with Crippen molar-refractivity contribution in [2.45, 2.75) is 32.1 Å². The highest BCUT2D eigenvalue weighted by atomic mass is 16.5. The van der Waals surface area contributed by atoms with Crippen LogP contribution in [0, 0.1) is 0 Å². The molecule has 13 heavy (non-hydrogen) atoms. The van der Waals surface area contributed by atoms with Gasteiger partial charge in [-0.1, -0.05) is 0 Å². The minimum atomic E-state index is 0.111. The van der Waals surface area contributed by atoms with E-state index >= 15 is 0 Å². The Hall–Kier alpha value is -0.800. The van der Waals surface area contributed by atoms with Gasteiger partial charge >= 0.3 is 0 Å². The van der Waals surface area contributed by atoms with Gasteiger partial charge in [0.25, 0.3) is 0 Å². The van der Waals surface area contributed by atoms with E-state index in [1.165, 1.54) is 6.42 Å². The van der Waals surface area contributed by atoms with Crippen molar-refractivity contribution >= 4 is 0 Å². The first-order valence-corrected chi connectivity index (χ1v) is 4.76. The molecule has 0 spiro atoms. The molecule has 0 saturated carbocycles. The summed E-state index contributed by atoms with van der Waals surface area (Å²) in [6, 6.07) is 3.90. The van der Waals surface area contributed by atoms with E-state index in [0.717, 1.165) is 25.3 Å². The summed E-state index contributed by atoms with van der Waals surface area (Å²) in [5.41, 5.74) is 0.968. The maximum Gasteiger partial charge on any atom is 0.0832 e. The molecule has 1 atom stereocenters. The van der Waals surface area contributed by atoms with Crippen molar-refractivity contribution in [2.75, 3.05) is 6.61 Å². The SMILES string of the molecule is OCc1cccn1C[C@H]1CCCO1. The smallest absolute Gasteiger partial charge is 0.0832 e. The molecule has 0 unspecified atom stereocenters. The van der Waals surface area contributed by atoms with Crippen molar-refractivity contribution in [3.63, 3.8) is 0 Å². The van der Waals surface area contributed by atoms with Crippen LogP contribution in [0.3, 0.4) is 0 Å². The Morgan fingerprint density at radius 2 is 2.54 bits per heavy atom. The highest BCUT2D eigenvalue weighted by molar-refractivity contribution is 5.05. The molecule has 3 heteroatoms. The van der Waals surface area contributed by atoms with Crippen LogP contribution in [0.5, 0.6) is 0 Å². The molecule has 0 aliphatic carbocycles. The molecule has 1 fully saturated rings. The maximum absolute atomic E-state index is 9.02. The lowest BCUT2D eigenvalue weighted by molar-refractivity contribution is 0.0953. The van der Waals surface area contributed by atoms with Gasteiger partial charge in [-0.3, -0.25) is 0 Å². The lowest BCUT2D eigenvalue weighted by atomic mass is 10.2. The Bertz CT molecular complexity index is 264. The van der Waals surface area contributed by atoms with Crippen molar-refractivity contribution < 1.29 is 9.84 Å². The molecule has 1 aliphatic heterocycles. The molecule has 1 aromatic heterocycles. The first-order valence-electron chi connectivity index (χ1n) is 4.76. The molecule has 1 aliphatic rings.